The van der Waals surface area contributed by atoms with Gasteiger partial charge in [0.2, 0.25) is 0 Å². The molecular formula is C16H25BrCl2N2O. The molecule has 0 spiro atoms. The summed E-state index contributed by atoms with van der Waals surface area (Å²) in [4.78, 5) is 2.44. The van der Waals surface area contributed by atoms with E-state index in [0.717, 1.165) is 53.8 Å². The van der Waals surface area contributed by atoms with Crippen LogP contribution in [0.15, 0.2) is 28.8 Å². The first-order valence-corrected chi connectivity index (χ1v) is 7.86. The molecule has 1 saturated heterocycles. The third kappa shape index (κ3) is 5.43. The first-order valence-electron chi connectivity index (χ1n) is 7.07. The lowest BCUT2D eigenvalue weighted by atomic mass is 9.95. The van der Waals surface area contributed by atoms with Crippen LogP contribution in [0.3, 0.4) is 0 Å². The van der Waals surface area contributed by atoms with E-state index in [4.69, 9.17) is 0 Å². The van der Waals surface area contributed by atoms with E-state index in [0.29, 0.717) is 5.75 Å². The molecule has 0 amide bonds. The molecule has 0 aromatic heterocycles. The second-order valence-corrected chi connectivity index (χ2v) is 6.54. The molecule has 1 aromatic rings. The predicted molar refractivity (Wildman–Crippen MR) is 102 cm³/mol. The van der Waals surface area contributed by atoms with Gasteiger partial charge in [0, 0.05) is 42.3 Å². The molecule has 0 unspecified atom stereocenters. The minimum Gasteiger partial charge on any atom is -0.507 e. The fourth-order valence-electron chi connectivity index (χ4n) is 2.78. The second-order valence-electron chi connectivity index (χ2n) is 5.62. The molecule has 1 aromatic carbocycles. The molecular weight excluding hydrogens is 387 g/mol. The van der Waals surface area contributed by atoms with E-state index in [1.54, 1.807) is 0 Å². The summed E-state index contributed by atoms with van der Waals surface area (Å²) in [6.45, 7) is 12.1. The van der Waals surface area contributed by atoms with Gasteiger partial charge in [0.25, 0.3) is 0 Å². The molecule has 1 aliphatic rings. The summed E-state index contributed by atoms with van der Waals surface area (Å²) >= 11 is 3.54. The minimum absolute atomic E-state index is 0. The van der Waals surface area contributed by atoms with Gasteiger partial charge in [-0.25, -0.2) is 0 Å². The Morgan fingerprint density at radius 3 is 2.50 bits per heavy atom. The highest BCUT2D eigenvalue weighted by Gasteiger charge is 2.25. The lowest BCUT2D eigenvalue weighted by Crippen LogP contribution is -2.45. The third-order valence-corrected chi connectivity index (χ3v) is 4.25. The highest BCUT2D eigenvalue weighted by molar-refractivity contribution is 9.10. The highest BCUT2D eigenvalue weighted by atomic mass is 79.9. The van der Waals surface area contributed by atoms with E-state index in [-0.39, 0.29) is 30.9 Å². The molecule has 1 aliphatic heterocycles. The maximum atomic E-state index is 10.4. The number of hydrogen-bond donors (Lipinski definition) is 2. The second kappa shape index (κ2) is 9.78. The van der Waals surface area contributed by atoms with Gasteiger partial charge in [-0.1, -0.05) is 21.5 Å². The Labute approximate surface area is 154 Å². The van der Waals surface area contributed by atoms with E-state index < -0.39 is 0 Å². The topological polar surface area (TPSA) is 35.5 Å². The summed E-state index contributed by atoms with van der Waals surface area (Å²) in [5.74, 6) is 0.415. The number of benzene rings is 1. The van der Waals surface area contributed by atoms with Crippen LogP contribution in [0.25, 0.3) is 0 Å². The SMILES string of the molecule is C=C(C)C[C@@H](c1cc(Br)cc(C)c1O)N1CCNCC1.Cl.Cl. The molecule has 1 atom stereocenters. The molecule has 3 nitrogen and oxygen atoms in total. The van der Waals surface area contributed by atoms with Crippen molar-refractivity contribution in [3.05, 3.63) is 39.9 Å². The van der Waals surface area contributed by atoms with Crippen molar-refractivity contribution in [2.24, 2.45) is 0 Å². The van der Waals surface area contributed by atoms with Gasteiger partial charge in [-0.3, -0.25) is 4.90 Å². The number of phenolic OH excluding ortho intramolecular Hbond substituents is 1. The number of rotatable bonds is 4. The van der Waals surface area contributed by atoms with Gasteiger partial charge in [-0.05, 0) is 38.0 Å². The summed E-state index contributed by atoms with van der Waals surface area (Å²) in [5, 5.41) is 13.8. The maximum Gasteiger partial charge on any atom is 0.123 e. The Morgan fingerprint density at radius 2 is 1.95 bits per heavy atom. The first-order chi connectivity index (χ1) is 9.49. The Kier molecular flexibility index (Phi) is 9.67. The van der Waals surface area contributed by atoms with Crippen LogP contribution in [0.1, 0.15) is 30.5 Å². The van der Waals surface area contributed by atoms with Gasteiger partial charge in [-0.15, -0.1) is 31.4 Å². The van der Waals surface area contributed by atoms with Crippen molar-refractivity contribution >= 4 is 40.7 Å². The van der Waals surface area contributed by atoms with Crippen molar-refractivity contribution < 1.29 is 5.11 Å². The largest absolute Gasteiger partial charge is 0.507 e. The number of nitrogens with one attached hydrogen (secondary N) is 1. The molecule has 6 heteroatoms. The molecule has 0 aliphatic carbocycles. The Morgan fingerprint density at radius 1 is 1.36 bits per heavy atom. The summed E-state index contributed by atoms with van der Waals surface area (Å²) in [5.41, 5.74) is 3.06. The van der Waals surface area contributed by atoms with Crippen molar-refractivity contribution in [1.82, 2.24) is 10.2 Å². The summed E-state index contributed by atoms with van der Waals surface area (Å²) in [6.07, 6.45) is 0.878. The van der Waals surface area contributed by atoms with Crippen LogP contribution in [0, 0.1) is 6.92 Å². The highest BCUT2D eigenvalue weighted by Crippen LogP contribution is 2.37. The summed E-state index contributed by atoms with van der Waals surface area (Å²) in [6, 6.07) is 4.19. The third-order valence-electron chi connectivity index (χ3n) is 3.79. The lowest BCUT2D eigenvalue weighted by molar-refractivity contribution is 0.169. The molecule has 22 heavy (non-hydrogen) atoms. The van der Waals surface area contributed by atoms with Gasteiger partial charge in [0.15, 0.2) is 0 Å². The average Bonchev–Trinajstić information content (AvgIpc) is 2.41. The minimum atomic E-state index is 0. The monoisotopic (exact) mass is 410 g/mol. The van der Waals surface area contributed by atoms with Crippen molar-refractivity contribution in [2.75, 3.05) is 26.2 Å². The molecule has 0 saturated carbocycles. The lowest BCUT2D eigenvalue weighted by Gasteiger charge is -2.36. The van der Waals surface area contributed by atoms with Crippen LogP contribution in [0.5, 0.6) is 5.75 Å². The first kappa shape index (κ1) is 21.7. The molecule has 0 radical (unpaired) electrons. The van der Waals surface area contributed by atoms with Crippen LogP contribution < -0.4 is 5.32 Å². The zero-order chi connectivity index (χ0) is 14.7. The van der Waals surface area contributed by atoms with Crippen molar-refractivity contribution in [1.29, 1.82) is 0 Å². The standard InChI is InChI=1S/C16H23BrN2O.2ClH/c1-11(2)8-15(19-6-4-18-5-7-19)14-10-13(17)9-12(3)16(14)20;;/h9-10,15,18,20H,1,4-8H2,2-3H3;2*1H/t15-;;/m0../s1. The Balaban J connectivity index is 0.00000220. The summed E-state index contributed by atoms with van der Waals surface area (Å²) in [7, 11) is 0. The zero-order valence-corrected chi connectivity index (χ0v) is 16.3. The van der Waals surface area contributed by atoms with Crippen LogP contribution in [-0.4, -0.2) is 36.2 Å². The normalized spacial score (nSPS) is 16.3. The number of phenols is 1. The number of nitrogens with zero attached hydrogens (tertiary/aromatic N) is 1. The molecule has 2 N–H and O–H groups in total. The van der Waals surface area contributed by atoms with Crippen molar-refractivity contribution in [3.8, 4) is 5.75 Å². The van der Waals surface area contributed by atoms with E-state index in [1.165, 1.54) is 0 Å². The van der Waals surface area contributed by atoms with Crippen LogP contribution >= 0.6 is 40.7 Å². The van der Waals surface area contributed by atoms with E-state index in [2.05, 4.69) is 39.6 Å². The Hall–Kier alpha value is -0.260. The van der Waals surface area contributed by atoms with E-state index in [9.17, 15) is 5.11 Å². The van der Waals surface area contributed by atoms with Gasteiger partial charge in [-0.2, -0.15) is 0 Å². The van der Waals surface area contributed by atoms with Crippen molar-refractivity contribution in [2.45, 2.75) is 26.3 Å². The zero-order valence-electron chi connectivity index (χ0n) is 13.1. The van der Waals surface area contributed by atoms with Gasteiger partial charge in [0.05, 0.1) is 0 Å². The van der Waals surface area contributed by atoms with E-state index >= 15 is 0 Å². The molecule has 1 fully saturated rings. The Bertz CT molecular complexity index is 505. The van der Waals surface area contributed by atoms with Crippen LogP contribution in [-0.2, 0) is 0 Å². The summed E-state index contributed by atoms with van der Waals surface area (Å²) < 4.78 is 1.02. The smallest absolute Gasteiger partial charge is 0.123 e. The number of hydrogen-bond acceptors (Lipinski definition) is 3. The van der Waals surface area contributed by atoms with Gasteiger partial charge >= 0.3 is 0 Å². The predicted octanol–water partition coefficient (Wildman–Crippen LogP) is 4.22. The number of piperazine rings is 1. The maximum absolute atomic E-state index is 10.4. The van der Waals surface area contributed by atoms with Gasteiger partial charge < -0.3 is 10.4 Å². The molecule has 126 valence electrons. The molecule has 1 heterocycles. The quantitative estimate of drug-likeness (QED) is 0.728. The van der Waals surface area contributed by atoms with Crippen molar-refractivity contribution in [3.63, 3.8) is 0 Å². The van der Waals surface area contributed by atoms with Gasteiger partial charge in [0.1, 0.15) is 5.75 Å². The fourth-order valence-corrected chi connectivity index (χ4v) is 3.37. The van der Waals surface area contributed by atoms with E-state index in [1.807, 2.05) is 19.1 Å². The molecule has 0 bridgehead atoms. The number of halogens is 3. The van der Waals surface area contributed by atoms with Crippen LogP contribution in [0.4, 0.5) is 0 Å². The molecule has 2 rings (SSSR count). The van der Waals surface area contributed by atoms with Crippen LogP contribution in [0.2, 0.25) is 0 Å². The average molecular weight is 412 g/mol. The fraction of sp³-hybridized carbons (Fsp3) is 0.500. The number of aryl methyl sites for hydroxylation is 1. The number of aromatic hydroxyl groups is 1.